The van der Waals surface area contributed by atoms with Crippen LogP contribution in [0, 0.1) is 0 Å². The Labute approximate surface area is 101 Å². The lowest BCUT2D eigenvalue weighted by atomic mass is 9.92. The predicted molar refractivity (Wildman–Crippen MR) is 70.1 cm³/mol. The van der Waals surface area contributed by atoms with Gasteiger partial charge in [0.1, 0.15) is 0 Å². The molecule has 0 fully saturated rings. The molecule has 0 saturated heterocycles. The Morgan fingerprint density at radius 1 is 1.29 bits per heavy atom. The van der Waals surface area contributed by atoms with Crippen LogP contribution in [0.15, 0.2) is 29.3 Å². The molecule has 0 aliphatic carbocycles. The maximum Gasteiger partial charge on any atom is 0.194 e. The van der Waals surface area contributed by atoms with Gasteiger partial charge in [-0.05, 0) is 19.9 Å². The second-order valence-corrected chi connectivity index (χ2v) is 3.73. The summed E-state index contributed by atoms with van der Waals surface area (Å²) in [6, 6.07) is 8.08. The Hall–Kier alpha value is -0.780. The maximum absolute atomic E-state index is 5.66. The Morgan fingerprint density at radius 2 is 1.93 bits per heavy atom. The van der Waals surface area contributed by atoms with Gasteiger partial charge in [0.15, 0.2) is 5.96 Å². The average molecular weight is 303 g/mol. The zero-order valence-corrected chi connectivity index (χ0v) is 10.6. The molecule has 0 radical (unpaired) electrons. The van der Waals surface area contributed by atoms with E-state index in [1.807, 2.05) is 18.2 Å². The van der Waals surface area contributed by atoms with Crippen LogP contribution in [0.4, 0.5) is 5.69 Å². The SMILES string of the molecule is CC1(C)N=C(N)Nc2ccccc21.I. The van der Waals surface area contributed by atoms with Crippen molar-refractivity contribution in [3.05, 3.63) is 29.8 Å². The molecular formula is C10H14IN3. The first-order chi connectivity index (χ1) is 6.09. The van der Waals surface area contributed by atoms with E-state index >= 15 is 0 Å². The van der Waals surface area contributed by atoms with E-state index in [-0.39, 0.29) is 29.5 Å². The number of guanidine groups is 1. The Balaban J connectivity index is 0.000000980. The van der Waals surface area contributed by atoms with Gasteiger partial charge >= 0.3 is 0 Å². The first kappa shape index (κ1) is 11.3. The summed E-state index contributed by atoms with van der Waals surface area (Å²) >= 11 is 0. The molecule has 0 aromatic heterocycles. The fraction of sp³-hybridized carbons (Fsp3) is 0.300. The molecular weight excluding hydrogens is 289 g/mol. The van der Waals surface area contributed by atoms with Crippen molar-refractivity contribution in [1.82, 2.24) is 0 Å². The number of nitrogens with one attached hydrogen (secondary N) is 1. The number of nitrogens with two attached hydrogens (primary N) is 1. The number of hydrogen-bond acceptors (Lipinski definition) is 3. The molecule has 3 nitrogen and oxygen atoms in total. The Bertz CT molecular complexity index is 371. The minimum absolute atomic E-state index is 0. The first-order valence-electron chi connectivity index (χ1n) is 4.31. The van der Waals surface area contributed by atoms with E-state index in [1.54, 1.807) is 0 Å². The van der Waals surface area contributed by atoms with Gasteiger partial charge in [0, 0.05) is 11.3 Å². The summed E-state index contributed by atoms with van der Waals surface area (Å²) < 4.78 is 0. The molecule has 0 saturated carbocycles. The molecule has 1 aliphatic rings. The van der Waals surface area contributed by atoms with Gasteiger partial charge in [0.2, 0.25) is 0 Å². The van der Waals surface area contributed by atoms with E-state index < -0.39 is 0 Å². The van der Waals surface area contributed by atoms with Crippen LogP contribution in [0.2, 0.25) is 0 Å². The summed E-state index contributed by atoms with van der Waals surface area (Å²) in [6.45, 7) is 4.11. The van der Waals surface area contributed by atoms with Crippen LogP contribution in [0.1, 0.15) is 19.4 Å². The number of benzene rings is 1. The Kier molecular flexibility index (Phi) is 3.04. The zero-order valence-electron chi connectivity index (χ0n) is 8.24. The van der Waals surface area contributed by atoms with E-state index in [0.717, 1.165) is 5.69 Å². The smallest absolute Gasteiger partial charge is 0.194 e. The van der Waals surface area contributed by atoms with Gasteiger partial charge in [0.25, 0.3) is 0 Å². The van der Waals surface area contributed by atoms with Gasteiger partial charge in [0.05, 0.1) is 5.54 Å². The molecule has 2 rings (SSSR count). The second kappa shape index (κ2) is 3.76. The third kappa shape index (κ3) is 1.84. The van der Waals surface area contributed by atoms with Crippen LogP contribution in [0.5, 0.6) is 0 Å². The van der Waals surface area contributed by atoms with Crippen LogP contribution in [0.3, 0.4) is 0 Å². The molecule has 1 aliphatic heterocycles. The van der Waals surface area contributed by atoms with Gasteiger partial charge in [-0.3, -0.25) is 0 Å². The largest absolute Gasteiger partial charge is 0.370 e. The highest BCUT2D eigenvalue weighted by Crippen LogP contribution is 2.33. The summed E-state index contributed by atoms with van der Waals surface area (Å²) in [5.74, 6) is 0.490. The van der Waals surface area contributed by atoms with Gasteiger partial charge < -0.3 is 11.1 Å². The van der Waals surface area contributed by atoms with Gasteiger partial charge in [-0.15, -0.1) is 24.0 Å². The first-order valence-corrected chi connectivity index (χ1v) is 4.31. The number of fused-ring (bicyclic) bond motifs is 1. The van der Waals surface area contributed by atoms with E-state index in [2.05, 4.69) is 30.2 Å². The molecule has 0 amide bonds. The van der Waals surface area contributed by atoms with Crippen molar-refractivity contribution in [3.63, 3.8) is 0 Å². The number of nitrogens with zero attached hydrogens (tertiary/aromatic N) is 1. The van der Waals surface area contributed by atoms with Crippen molar-refractivity contribution >= 4 is 35.6 Å². The zero-order chi connectivity index (χ0) is 9.47. The van der Waals surface area contributed by atoms with E-state index in [4.69, 9.17) is 5.73 Å². The average Bonchev–Trinajstić information content (AvgIpc) is 2.02. The molecule has 4 heteroatoms. The van der Waals surface area contributed by atoms with Gasteiger partial charge in [-0.25, -0.2) is 4.99 Å². The van der Waals surface area contributed by atoms with Crippen molar-refractivity contribution in [1.29, 1.82) is 0 Å². The van der Waals surface area contributed by atoms with Crippen molar-refractivity contribution in [2.24, 2.45) is 10.7 Å². The third-order valence-corrected chi connectivity index (χ3v) is 2.25. The molecule has 3 N–H and O–H groups in total. The molecule has 0 unspecified atom stereocenters. The molecule has 1 aromatic carbocycles. The molecule has 0 atom stereocenters. The van der Waals surface area contributed by atoms with Crippen molar-refractivity contribution in [2.75, 3.05) is 5.32 Å². The number of halogens is 1. The number of rotatable bonds is 0. The summed E-state index contributed by atoms with van der Waals surface area (Å²) in [6.07, 6.45) is 0. The third-order valence-electron chi connectivity index (χ3n) is 2.25. The number of para-hydroxylation sites is 1. The number of hydrogen-bond donors (Lipinski definition) is 2. The normalized spacial score (nSPS) is 17.1. The number of anilines is 1. The molecule has 1 aromatic rings. The monoisotopic (exact) mass is 303 g/mol. The molecule has 76 valence electrons. The standard InChI is InChI=1S/C10H13N3.HI/c1-10(2)7-5-3-4-6-8(7)12-9(11)13-10;/h3-6H,1-2H3,(H3,11,12,13);1H. The fourth-order valence-electron chi connectivity index (χ4n) is 1.65. The summed E-state index contributed by atoms with van der Waals surface area (Å²) in [5.41, 5.74) is 7.69. The Morgan fingerprint density at radius 3 is 2.64 bits per heavy atom. The highest BCUT2D eigenvalue weighted by molar-refractivity contribution is 14.0. The quantitative estimate of drug-likeness (QED) is 0.722. The molecule has 0 bridgehead atoms. The van der Waals surface area contributed by atoms with Crippen LogP contribution in [-0.4, -0.2) is 5.96 Å². The van der Waals surface area contributed by atoms with E-state index in [9.17, 15) is 0 Å². The summed E-state index contributed by atoms with van der Waals surface area (Å²) in [5, 5.41) is 3.04. The highest BCUT2D eigenvalue weighted by atomic mass is 127. The highest BCUT2D eigenvalue weighted by Gasteiger charge is 2.26. The minimum atomic E-state index is -0.216. The fourth-order valence-corrected chi connectivity index (χ4v) is 1.65. The van der Waals surface area contributed by atoms with Crippen molar-refractivity contribution in [2.45, 2.75) is 19.4 Å². The van der Waals surface area contributed by atoms with Crippen LogP contribution in [0.25, 0.3) is 0 Å². The minimum Gasteiger partial charge on any atom is -0.370 e. The second-order valence-electron chi connectivity index (χ2n) is 3.73. The number of aliphatic imine (C=N–C) groups is 1. The van der Waals surface area contributed by atoms with Crippen molar-refractivity contribution < 1.29 is 0 Å². The lowest BCUT2D eigenvalue weighted by molar-refractivity contribution is 0.554. The topological polar surface area (TPSA) is 50.4 Å². The summed E-state index contributed by atoms with van der Waals surface area (Å²) in [4.78, 5) is 4.34. The van der Waals surface area contributed by atoms with Crippen LogP contribution in [-0.2, 0) is 5.54 Å². The lowest BCUT2D eigenvalue weighted by Crippen LogP contribution is -2.33. The van der Waals surface area contributed by atoms with E-state index in [1.165, 1.54) is 5.56 Å². The predicted octanol–water partition coefficient (Wildman–Crippen LogP) is 2.28. The molecule has 1 heterocycles. The maximum atomic E-state index is 5.66. The van der Waals surface area contributed by atoms with E-state index in [0.29, 0.717) is 5.96 Å². The van der Waals surface area contributed by atoms with Gasteiger partial charge in [-0.1, -0.05) is 18.2 Å². The van der Waals surface area contributed by atoms with Crippen LogP contribution >= 0.6 is 24.0 Å². The van der Waals surface area contributed by atoms with Crippen molar-refractivity contribution in [3.8, 4) is 0 Å². The lowest BCUT2D eigenvalue weighted by Gasteiger charge is -2.29. The molecule has 14 heavy (non-hydrogen) atoms. The van der Waals surface area contributed by atoms with Gasteiger partial charge in [-0.2, -0.15) is 0 Å². The molecule has 0 spiro atoms. The van der Waals surface area contributed by atoms with Crippen LogP contribution < -0.4 is 11.1 Å². The summed E-state index contributed by atoms with van der Waals surface area (Å²) in [7, 11) is 0.